The summed E-state index contributed by atoms with van der Waals surface area (Å²) in [5, 5.41) is 0. The first-order valence-corrected chi connectivity index (χ1v) is 8.72. The van der Waals surface area contributed by atoms with Crippen LogP contribution in [0.15, 0.2) is 67.1 Å². The van der Waals surface area contributed by atoms with Crippen LogP contribution in [0, 0.1) is 0 Å². The Morgan fingerprint density at radius 3 is 2.77 bits per heavy atom. The van der Waals surface area contributed by atoms with Crippen LogP contribution in [0.4, 0.5) is 5.69 Å². The van der Waals surface area contributed by atoms with Gasteiger partial charge in [-0.3, -0.25) is 4.79 Å². The topological polar surface area (TPSA) is 72.1 Å². The SMILES string of the molecule is N[C@H](Cc1ccccc1)C(=O)N1CCc2cc(-c3ccncn3)ccc21. The highest BCUT2D eigenvalue weighted by atomic mass is 16.2. The predicted octanol–water partition coefficient (Wildman–Crippen LogP) is 2.60. The van der Waals surface area contributed by atoms with Gasteiger partial charge in [0.25, 0.3) is 0 Å². The third-order valence-corrected chi connectivity index (χ3v) is 4.73. The fourth-order valence-electron chi connectivity index (χ4n) is 3.41. The Kier molecular flexibility index (Phi) is 4.46. The summed E-state index contributed by atoms with van der Waals surface area (Å²) in [5.74, 6) is -0.0256. The highest BCUT2D eigenvalue weighted by molar-refractivity contribution is 5.99. The summed E-state index contributed by atoms with van der Waals surface area (Å²) >= 11 is 0. The van der Waals surface area contributed by atoms with Crippen molar-refractivity contribution in [2.45, 2.75) is 18.9 Å². The minimum absolute atomic E-state index is 0.0256. The van der Waals surface area contributed by atoms with Crippen LogP contribution in [0.1, 0.15) is 11.1 Å². The highest BCUT2D eigenvalue weighted by Crippen LogP contribution is 2.32. The van der Waals surface area contributed by atoms with Gasteiger partial charge in [-0.05, 0) is 42.2 Å². The zero-order chi connectivity index (χ0) is 17.9. The molecule has 2 aromatic carbocycles. The lowest BCUT2D eigenvalue weighted by Crippen LogP contribution is -2.44. The van der Waals surface area contributed by atoms with E-state index in [0.29, 0.717) is 13.0 Å². The standard InChI is InChI=1S/C21H20N4O/c22-18(12-15-4-2-1-3-5-15)21(26)25-11-9-17-13-16(6-7-20(17)25)19-8-10-23-14-24-19/h1-8,10,13-14,18H,9,11-12,22H2/t18-/m1/s1. The van der Waals surface area contributed by atoms with Crippen molar-refractivity contribution in [2.24, 2.45) is 5.73 Å². The lowest BCUT2D eigenvalue weighted by molar-refractivity contribution is -0.119. The molecule has 26 heavy (non-hydrogen) atoms. The molecular weight excluding hydrogens is 324 g/mol. The minimum Gasteiger partial charge on any atom is -0.320 e. The Hall–Kier alpha value is -3.05. The summed E-state index contributed by atoms with van der Waals surface area (Å²) in [5.41, 5.74) is 11.3. The number of nitrogens with two attached hydrogens (primary N) is 1. The van der Waals surface area contributed by atoms with Gasteiger partial charge in [0.2, 0.25) is 5.91 Å². The maximum absolute atomic E-state index is 12.8. The Morgan fingerprint density at radius 1 is 1.15 bits per heavy atom. The van der Waals surface area contributed by atoms with E-state index >= 15 is 0 Å². The zero-order valence-electron chi connectivity index (χ0n) is 14.4. The maximum atomic E-state index is 12.8. The molecule has 0 saturated heterocycles. The number of benzene rings is 2. The number of aromatic nitrogens is 2. The highest BCUT2D eigenvalue weighted by Gasteiger charge is 2.28. The minimum atomic E-state index is -0.537. The maximum Gasteiger partial charge on any atom is 0.244 e. The molecule has 1 aromatic heterocycles. The molecule has 5 nitrogen and oxygen atoms in total. The van der Waals surface area contributed by atoms with Crippen molar-refractivity contribution in [3.8, 4) is 11.3 Å². The zero-order valence-corrected chi connectivity index (χ0v) is 14.4. The lowest BCUT2D eigenvalue weighted by Gasteiger charge is -2.22. The Balaban J connectivity index is 1.53. The summed E-state index contributed by atoms with van der Waals surface area (Å²) in [4.78, 5) is 22.9. The van der Waals surface area contributed by atoms with Crippen LogP contribution >= 0.6 is 0 Å². The molecule has 2 N–H and O–H groups in total. The lowest BCUT2D eigenvalue weighted by atomic mass is 10.0. The molecule has 1 amide bonds. The molecule has 0 spiro atoms. The van der Waals surface area contributed by atoms with Crippen LogP contribution in [-0.2, 0) is 17.6 Å². The van der Waals surface area contributed by atoms with Crippen LogP contribution in [0.2, 0.25) is 0 Å². The van der Waals surface area contributed by atoms with Gasteiger partial charge in [-0.15, -0.1) is 0 Å². The summed E-state index contributed by atoms with van der Waals surface area (Å²) in [7, 11) is 0. The molecular formula is C21H20N4O. The van der Waals surface area contributed by atoms with Crippen molar-refractivity contribution in [1.82, 2.24) is 9.97 Å². The third kappa shape index (κ3) is 3.21. The van der Waals surface area contributed by atoms with E-state index in [1.165, 1.54) is 0 Å². The quantitative estimate of drug-likeness (QED) is 0.790. The molecule has 1 aliphatic rings. The first-order valence-electron chi connectivity index (χ1n) is 8.72. The molecule has 0 aliphatic carbocycles. The molecule has 0 fully saturated rings. The predicted molar refractivity (Wildman–Crippen MR) is 102 cm³/mol. The number of hydrogen-bond acceptors (Lipinski definition) is 4. The fraction of sp³-hybridized carbons (Fsp3) is 0.190. The number of amides is 1. The molecule has 3 aromatic rings. The van der Waals surface area contributed by atoms with E-state index in [2.05, 4.69) is 16.0 Å². The molecule has 4 rings (SSSR count). The molecule has 130 valence electrons. The van der Waals surface area contributed by atoms with Crippen LogP contribution in [-0.4, -0.2) is 28.5 Å². The first kappa shape index (κ1) is 16.4. The van der Waals surface area contributed by atoms with E-state index in [1.54, 1.807) is 12.5 Å². The van der Waals surface area contributed by atoms with Crippen LogP contribution in [0.3, 0.4) is 0 Å². The molecule has 1 atom stereocenters. The fourth-order valence-corrected chi connectivity index (χ4v) is 3.41. The van der Waals surface area contributed by atoms with Crippen LogP contribution in [0.5, 0.6) is 0 Å². The van der Waals surface area contributed by atoms with Crippen molar-refractivity contribution in [2.75, 3.05) is 11.4 Å². The van der Waals surface area contributed by atoms with Crippen LogP contribution < -0.4 is 10.6 Å². The largest absolute Gasteiger partial charge is 0.320 e. The number of hydrogen-bond donors (Lipinski definition) is 1. The second-order valence-corrected chi connectivity index (χ2v) is 6.47. The van der Waals surface area contributed by atoms with Gasteiger partial charge in [-0.25, -0.2) is 9.97 Å². The summed E-state index contributed by atoms with van der Waals surface area (Å²) in [6.45, 7) is 0.671. The molecule has 1 aliphatic heterocycles. The molecule has 0 bridgehead atoms. The molecule has 0 unspecified atom stereocenters. The molecule has 2 heterocycles. The second kappa shape index (κ2) is 7.06. The Labute approximate surface area is 152 Å². The monoisotopic (exact) mass is 344 g/mol. The molecule has 0 saturated carbocycles. The third-order valence-electron chi connectivity index (χ3n) is 4.73. The average Bonchev–Trinajstić information content (AvgIpc) is 3.12. The van der Waals surface area contributed by atoms with Gasteiger partial charge < -0.3 is 10.6 Å². The number of rotatable bonds is 4. The van der Waals surface area contributed by atoms with Gasteiger partial charge in [0, 0.05) is 24.0 Å². The van der Waals surface area contributed by atoms with E-state index in [1.807, 2.05) is 53.4 Å². The van der Waals surface area contributed by atoms with E-state index < -0.39 is 6.04 Å². The number of fused-ring (bicyclic) bond motifs is 1. The van der Waals surface area contributed by atoms with Crippen molar-refractivity contribution in [3.63, 3.8) is 0 Å². The Bertz CT molecular complexity index is 912. The van der Waals surface area contributed by atoms with Crippen molar-refractivity contribution >= 4 is 11.6 Å². The number of anilines is 1. The number of carbonyl (C=O) groups excluding carboxylic acids is 1. The van der Waals surface area contributed by atoms with Gasteiger partial charge >= 0.3 is 0 Å². The number of nitrogens with zero attached hydrogens (tertiary/aromatic N) is 3. The smallest absolute Gasteiger partial charge is 0.244 e. The van der Waals surface area contributed by atoms with E-state index in [9.17, 15) is 4.79 Å². The van der Waals surface area contributed by atoms with Crippen LogP contribution in [0.25, 0.3) is 11.3 Å². The summed E-state index contributed by atoms with van der Waals surface area (Å²) in [6, 6.07) is 17.3. The Morgan fingerprint density at radius 2 is 2.00 bits per heavy atom. The van der Waals surface area contributed by atoms with Crippen molar-refractivity contribution in [1.29, 1.82) is 0 Å². The van der Waals surface area contributed by atoms with Gasteiger partial charge in [0.15, 0.2) is 0 Å². The van der Waals surface area contributed by atoms with Gasteiger partial charge in [-0.1, -0.05) is 36.4 Å². The molecule has 0 radical (unpaired) electrons. The normalized spacial score (nSPS) is 14.1. The summed E-state index contributed by atoms with van der Waals surface area (Å²) in [6.07, 6.45) is 4.65. The van der Waals surface area contributed by atoms with Crippen molar-refractivity contribution in [3.05, 3.63) is 78.2 Å². The van der Waals surface area contributed by atoms with Gasteiger partial charge in [0.05, 0.1) is 11.7 Å². The van der Waals surface area contributed by atoms with Gasteiger partial charge in [-0.2, -0.15) is 0 Å². The molecule has 5 heteroatoms. The van der Waals surface area contributed by atoms with Crippen molar-refractivity contribution < 1.29 is 4.79 Å². The number of carbonyl (C=O) groups is 1. The van der Waals surface area contributed by atoms with E-state index in [4.69, 9.17) is 5.73 Å². The van der Waals surface area contributed by atoms with Gasteiger partial charge in [0.1, 0.15) is 6.33 Å². The van der Waals surface area contributed by atoms with E-state index in [-0.39, 0.29) is 5.91 Å². The average molecular weight is 344 g/mol. The summed E-state index contributed by atoms with van der Waals surface area (Å²) < 4.78 is 0. The van der Waals surface area contributed by atoms with E-state index in [0.717, 1.165) is 34.5 Å². The second-order valence-electron chi connectivity index (χ2n) is 6.47. The first-order chi connectivity index (χ1) is 12.7.